The van der Waals surface area contributed by atoms with Gasteiger partial charge in [-0.15, -0.1) is 0 Å². The van der Waals surface area contributed by atoms with Crippen LogP contribution in [-0.2, 0) is 16.0 Å². The van der Waals surface area contributed by atoms with Crippen LogP contribution < -0.4 is 11.1 Å². The molecule has 1 aliphatic rings. The molecule has 0 saturated heterocycles. The average molecular weight is 264 g/mol. The van der Waals surface area contributed by atoms with Crippen molar-refractivity contribution in [1.82, 2.24) is 0 Å². The molecule has 0 spiro atoms. The van der Waals surface area contributed by atoms with Gasteiger partial charge in [-0.2, -0.15) is 0 Å². The normalized spacial score (nSPS) is 17.3. The molecule has 1 aromatic rings. The maximum Gasteiger partial charge on any atom is 0.224 e. The van der Waals surface area contributed by atoms with E-state index in [-0.39, 0.29) is 12.3 Å². The van der Waals surface area contributed by atoms with E-state index in [0.717, 1.165) is 11.3 Å². The molecular formula is C13H16N2O4. The van der Waals surface area contributed by atoms with Gasteiger partial charge in [0.15, 0.2) is 0 Å². The van der Waals surface area contributed by atoms with Crippen LogP contribution >= 0.6 is 0 Å². The first kappa shape index (κ1) is 13.5. The van der Waals surface area contributed by atoms with Crippen molar-refractivity contribution in [2.75, 3.05) is 5.32 Å². The first-order valence-corrected chi connectivity index (χ1v) is 6.04. The number of anilines is 1. The Morgan fingerprint density at radius 2 is 2.11 bits per heavy atom. The molecular weight excluding hydrogens is 248 g/mol. The van der Waals surface area contributed by atoms with E-state index in [1.165, 1.54) is 0 Å². The summed E-state index contributed by atoms with van der Waals surface area (Å²) in [6.45, 7) is 0. The SMILES string of the molecule is NC(=O)CC(O)C(O)c1ccc2c(c1)CCC(=O)N2. The molecule has 2 atom stereocenters. The Morgan fingerprint density at radius 1 is 1.37 bits per heavy atom. The highest BCUT2D eigenvalue weighted by atomic mass is 16.3. The van der Waals surface area contributed by atoms with Gasteiger partial charge in [-0.1, -0.05) is 12.1 Å². The van der Waals surface area contributed by atoms with Crippen LogP contribution in [0.15, 0.2) is 18.2 Å². The van der Waals surface area contributed by atoms with E-state index in [1.54, 1.807) is 18.2 Å². The Kier molecular flexibility index (Phi) is 3.82. The minimum atomic E-state index is -1.23. The van der Waals surface area contributed by atoms with Crippen LogP contribution in [0, 0.1) is 0 Å². The van der Waals surface area contributed by atoms with E-state index in [4.69, 9.17) is 5.73 Å². The second kappa shape index (κ2) is 5.38. The summed E-state index contributed by atoms with van der Waals surface area (Å²) in [5.74, 6) is -0.702. The standard InChI is InChI=1S/C13H16N2O4/c14-11(17)6-10(16)13(19)8-1-3-9-7(5-8)2-4-12(18)15-9/h1,3,5,10,13,16,19H,2,4,6H2,(H2,14,17)(H,15,18). The Labute approximate surface area is 110 Å². The Hall–Kier alpha value is -1.92. The van der Waals surface area contributed by atoms with Crippen LogP contribution in [0.5, 0.6) is 0 Å². The summed E-state index contributed by atoms with van der Waals surface area (Å²) in [5.41, 5.74) is 7.11. The second-order valence-electron chi connectivity index (χ2n) is 4.65. The lowest BCUT2D eigenvalue weighted by molar-refractivity contribution is -0.121. The molecule has 0 fully saturated rings. The van der Waals surface area contributed by atoms with E-state index >= 15 is 0 Å². The number of hydrogen-bond acceptors (Lipinski definition) is 4. The Bertz CT molecular complexity index is 515. The zero-order chi connectivity index (χ0) is 14.0. The highest BCUT2D eigenvalue weighted by Crippen LogP contribution is 2.27. The zero-order valence-electron chi connectivity index (χ0n) is 10.3. The molecule has 1 aromatic carbocycles. The van der Waals surface area contributed by atoms with Crippen molar-refractivity contribution in [3.05, 3.63) is 29.3 Å². The summed E-state index contributed by atoms with van der Waals surface area (Å²) in [6, 6.07) is 5.02. The smallest absolute Gasteiger partial charge is 0.224 e. The van der Waals surface area contributed by atoms with E-state index in [2.05, 4.69) is 5.32 Å². The molecule has 19 heavy (non-hydrogen) atoms. The summed E-state index contributed by atoms with van der Waals surface area (Å²) in [6.07, 6.45) is -1.71. The van der Waals surface area contributed by atoms with Gasteiger partial charge in [0.05, 0.1) is 12.5 Å². The molecule has 1 heterocycles. The minimum Gasteiger partial charge on any atom is -0.390 e. The first-order valence-electron chi connectivity index (χ1n) is 6.04. The van der Waals surface area contributed by atoms with Crippen molar-refractivity contribution in [2.24, 2.45) is 5.73 Å². The third-order valence-electron chi connectivity index (χ3n) is 3.14. The fourth-order valence-corrected chi connectivity index (χ4v) is 2.13. The number of amides is 2. The van der Waals surface area contributed by atoms with Crippen molar-refractivity contribution in [1.29, 1.82) is 0 Å². The molecule has 0 bridgehead atoms. The molecule has 2 amide bonds. The number of rotatable bonds is 4. The topological polar surface area (TPSA) is 113 Å². The van der Waals surface area contributed by atoms with Crippen molar-refractivity contribution < 1.29 is 19.8 Å². The van der Waals surface area contributed by atoms with Crippen LogP contribution in [0.3, 0.4) is 0 Å². The maximum atomic E-state index is 11.2. The number of aliphatic hydroxyl groups excluding tert-OH is 2. The average Bonchev–Trinajstić information content (AvgIpc) is 2.36. The molecule has 2 rings (SSSR count). The molecule has 102 valence electrons. The number of primary amides is 1. The first-order chi connectivity index (χ1) is 8.97. The summed E-state index contributed by atoms with van der Waals surface area (Å²) < 4.78 is 0. The molecule has 6 nitrogen and oxygen atoms in total. The number of hydrogen-bond donors (Lipinski definition) is 4. The predicted octanol–water partition coefficient (Wildman–Crippen LogP) is -0.159. The second-order valence-corrected chi connectivity index (χ2v) is 4.65. The molecule has 1 aliphatic heterocycles. The van der Waals surface area contributed by atoms with Crippen LogP contribution in [0.4, 0.5) is 5.69 Å². The van der Waals surface area contributed by atoms with Gasteiger partial charge in [-0.25, -0.2) is 0 Å². The summed E-state index contributed by atoms with van der Waals surface area (Å²) in [7, 11) is 0. The van der Waals surface area contributed by atoms with E-state index in [0.29, 0.717) is 18.4 Å². The van der Waals surface area contributed by atoms with Crippen molar-refractivity contribution in [3.8, 4) is 0 Å². The minimum absolute atomic E-state index is 0.0328. The molecule has 5 N–H and O–H groups in total. The number of fused-ring (bicyclic) bond motifs is 1. The highest BCUT2D eigenvalue weighted by molar-refractivity contribution is 5.93. The Morgan fingerprint density at radius 3 is 2.79 bits per heavy atom. The maximum absolute atomic E-state index is 11.2. The summed E-state index contributed by atoms with van der Waals surface area (Å²) >= 11 is 0. The van der Waals surface area contributed by atoms with Gasteiger partial charge >= 0.3 is 0 Å². The predicted molar refractivity (Wildman–Crippen MR) is 68.2 cm³/mol. The zero-order valence-corrected chi connectivity index (χ0v) is 10.3. The third kappa shape index (κ3) is 3.10. The van der Waals surface area contributed by atoms with Crippen LogP contribution in [0.2, 0.25) is 0 Å². The van der Waals surface area contributed by atoms with Crippen LogP contribution in [-0.4, -0.2) is 28.1 Å². The number of nitrogens with two attached hydrogens (primary N) is 1. The Balaban J connectivity index is 2.17. The fourth-order valence-electron chi connectivity index (χ4n) is 2.13. The van der Waals surface area contributed by atoms with E-state index in [9.17, 15) is 19.8 Å². The summed E-state index contributed by atoms with van der Waals surface area (Å²) in [4.78, 5) is 21.9. The fraction of sp³-hybridized carbons (Fsp3) is 0.385. The summed E-state index contributed by atoms with van der Waals surface area (Å²) in [5, 5.41) is 22.3. The van der Waals surface area contributed by atoms with Crippen molar-refractivity contribution in [2.45, 2.75) is 31.5 Å². The molecule has 0 radical (unpaired) electrons. The van der Waals surface area contributed by atoms with Gasteiger partial charge in [-0.05, 0) is 23.6 Å². The number of aryl methyl sites for hydroxylation is 1. The quantitative estimate of drug-likeness (QED) is 0.605. The number of nitrogens with one attached hydrogen (secondary N) is 1. The number of aliphatic hydroxyl groups is 2. The van der Waals surface area contributed by atoms with Crippen molar-refractivity contribution in [3.63, 3.8) is 0 Å². The molecule has 6 heteroatoms. The molecule has 0 aromatic heterocycles. The van der Waals surface area contributed by atoms with Gasteiger partial charge in [0.1, 0.15) is 6.10 Å². The number of benzene rings is 1. The lowest BCUT2D eigenvalue weighted by Crippen LogP contribution is -2.26. The lowest BCUT2D eigenvalue weighted by Gasteiger charge is -2.21. The highest BCUT2D eigenvalue weighted by Gasteiger charge is 2.22. The lowest BCUT2D eigenvalue weighted by atomic mass is 9.95. The van der Waals surface area contributed by atoms with Gasteiger partial charge in [-0.3, -0.25) is 9.59 Å². The van der Waals surface area contributed by atoms with Gasteiger partial charge < -0.3 is 21.3 Å². The van der Waals surface area contributed by atoms with Crippen molar-refractivity contribution >= 4 is 17.5 Å². The van der Waals surface area contributed by atoms with Crippen LogP contribution in [0.1, 0.15) is 30.1 Å². The number of carbonyl (C=O) groups excluding carboxylic acids is 2. The van der Waals surface area contributed by atoms with Crippen LogP contribution in [0.25, 0.3) is 0 Å². The van der Waals surface area contributed by atoms with Gasteiger partial charge in [0.25, 0.3) is 0 Å². The molecule has 0 aliphatic carbocycles. The monoisotopic (exact) mass is 264 g/mol. The van der Waals surface area contributed by atoms with E-state index in [1.807, 2.05) is 0 Å². The van der Waals surface area contributed by atoms with E-state index < -0.39 is 18.1 Å². The van der Waals surface area contributed by atoms with Gasteiger partial charge in [0.2, 0.25) is 11.8 Å². The van der Waals surface area contributed by atoms with Gasteiger partial charge in [0, 0.05) is 12.1 Å². The number of carbonyl (C=O) groups is 2. The third-order valence-corrected chi connectivity index (χ3v) is 3.14. The molecule has 2 unspecified atom stereocenters. The molecule has 0 saturated carbocycles. The largest absolute Gasteiger partial charge is 0.390 e.